The number of hydrogen-bond acceptors (Lipinski definition) is 4. The van der Waals surface area contributed by atoms with Crippen molar-refractivity contribution in [1.29, 1.82) is 0 Å². The molecule has 0 atom stereocenters. The first-order valence-corrected chi connectivity index (χ1v) is 9.89. The van der Waals surface area contributed by atoms with Crippen molar-refractivity contribution in [2.24, 2.45) is 0 Å². The summed E-state index contributed by atoms with van der Waals surface area (Å²) in [5.74, 6) is -0.834. The number of halogens is 1. The van der Waals surface area contributed by atoms with Gasteiger partial charge in [-0.25, -0.2) is 13.8 Å². The summed E-state index contributed by atoms with van der Waals surface area (Å²) >= 11 is 0. The molecule has 0 bridgehead atoms. The molecule has 0 aliphatic heterocycles. The van der Waals surface area contributed by atoms with Gasteiger partial charge >= 0.3 is 0 Å². The monoisotopic (exact) mass is 419 g/mol. The van der Waals surface area contributed by atoms with E-state index in [2.05, 4.69) is 15.5 Å². The Bertz CT molecular complexity index is 1340. The highest BCUT2D eigenvalue weighted by molar-refractivity contribution is 5.83. The van der Waals surface area contributed by atoms with Crippen molar-refractivity contribution >= 4 is 16.8 Å². The second-order valence-corrected chi connectivity index (χ2v) is 7.47. The van der Waals surface area contributed by atoms with E-state index in [1.165, 1.54) is 6.07 Å². The highest BCUT2D eigenvalue weighted by Gasteiger charge is 2.18. The summed E-state index contributed by atoms with van der Waals surface area (Å²) < 4.78 is 16.5. The van der Waals surface area contributed by atoms with Crippen molar-refractivity contribution in [2.45, 2.75) is 33.9 Å². The van der Waals surface area contributed by atoms with Crippen LogP contribution in [0.5, 0.6) is 0 Å². The van der Waals surface area contributed by atoms with Crippen molar-refractivity contribution in [3.63, 3.8) is 0 Å². The van der Waals surface area contributed by atoms with Crippen LogP contribution in [-0.4, -0.2) is 25.5 Å². The van der Waals surface area contributed by atoms with Gasteiger partial charge in [0.05, 0.1) is 22.5 Å². The molecule has 0 radical (unpaired) electrons. The first-order chi connectivity index (χ1) is 14.8. The summed E-state index contributed by atoms with van der Waals surface area (Å²) in [6, 6.07) is 14.0. The molecular formula is C23H22FN5O2. The Morgan fingerprint density at radius 2 is 1.74 bits per heavy atom. The molecule has 0 aliphatic rings. The third-order valence-corrected chi connectivity index (χ3v) is 5.19. The number of rotatable bonds is 5. The van der Waals surface area contributed by atoms with E-state index in [-0.39, 0.29) is 18.6 Å². The zero-order valence-corrected chi connectivity index (χ0v) is 17.5. The lowest BCUT2D eigenvalue weighted by Gasteiger charge is -2.08. The van der Waals surface area contributed by atoms with Crippen LogP contribution in [0.4, 0.5) is 4.39 Å². The van der Waals surface area contributed by atoms with Gasteiger partial charge in [0.25, 0.3) is 5.56 Å². The maximum atomic E-state index is 13.7. The van der Waals surface area contributed by atoms with E-state index in [1.807, 2.05) is 38.1 Å². The van der Waals surface area contributed by atoms with Crippen molar-refractivity contribution in [3.05, 3.63) is 87.2 Å². The topological polar surface area (TPSA) is 81.8 Å². The lowest BCUT2D eigenvalue weighted by Crippen LogP contribution is -2.34. The van der Waals surface area contributed by atoms with E-state index in [4.69, 9.17) is 0 Å². The average Bonchev–Trinajstić information content (AvgIpc) is 3.10. The Hall–Kier alpha value is -3.81. The van der Waals surface area contributed by atoms with Crippen molar-refractivity contribution < 1.29 is 9.18 Å². The molecule has 2 aromatic heterocycles. The quantitative estimate of drug-likeness (QED) is 0.539. The second kappa shape index (κ2) is 8.14. The summed E-state index contributed by atoms with van der Waals surface area (Å²) in [4.78, 5) is 25.3. The Kier molecular flexibility index (Phi) is 5.37. The van der Waals surface area contributed by atoms with Gasteiger partial charge in [0.15, 0.2) is 5.52 Å². The predicted molar refractivity (Wildman–Crippen MR) is 116 cm³/mol. The summed E-state index contributed by atoms with van der Waals surface area (Å²) in [5.41, 5.74) is 3.55. The second-order valence-electron chi connectivity index (χ2n) is 7.47. The number of carbonyl (C=O) groups is 1. The first-order valence-electron chi connectivity index (χ1n) is 9.89. The maximum absolute atomic E-state index is 13.7. The van der Waals surface area contributed by atoms with E-state index in [9.17, 15) is 14.0 Å². The largest absolute Gasteiger partial charge is 0.350 e. The van der Waals surface area contributed by atoms with Gasteiger partial charge in [-0.05, 0) is 39.0 Å². The third-order valence-electron chi connectivity index (χ3n) is 5.19. The maximum Gasteiger partial charge on any atom is 0.295 e. The molecular weight excluding hydrogens is 397 g/mol. The summed E-state index contributed by atoms with van der Waals surface area (Å²) in [6.07, 6.45) is 0. The van der Waals surface area contributed by atoms with Gasteiger partial charge in [-0.2, -0.15) is 10.2 Å². The number of amides is 1. The molecule has 2 aromatic carbocycles. The number of nitrogens with one attached hydrogen (secondary N) is 1. The summed E-state index contributed by atoms with van der Waals surface area (Å²) in [7, 11) is 0. The van der Waals surface area contributed by atoms with Crippen LogP contribution in [0.25, 0.3) is 16.6 Å². The standard InChI is InChI=1S/C23H22FN5O2/c1-14-8-10-18(11-9-14)29-16(3)21-15(2)26-28(23(31)22(21)27-29)13-20(30)25-12-17-6-4-5-7-19(17)24/h4-11H,12-13H2,1-3H3,(H,25,30). The molecule has 0 saturated heterocycles. The van der Waals surface area contributed by atoms with Crippen LogP contribution in [0, 0.1) is 26.6 Å². The highest BCUT2D eigenvalue weighted by Crippen LogP contribution is 2.21. The molecule has 158 valence electrons. The lowest BCUT2D eigenvalue weighted by molar-refractivity contribution is -0.122. The van der Waals surface area contributed by atoms with Crippen LogP contribution in [0.3, 0.4) is 0 Å². The fraction of sp³-hybridized carbons (Fsp3) is 0.217. The zero-order valence-electron chi connectivity index (χ0n) is 17.5. The van der Waals surface area contributed by atoms with Crippen LogP contribution in [-0.2, 0) is 17.9 Å². The predicted octanol–water partition coefficient (Wildman–Crippen LogP) is 2.96. The smallest absolute Gasteiger partial charge is 0.295 e. The molecule has 2 heterocycles. The molecule has 0 saturated carbocycles. The van der Waals surface area contributed by atoms with Gasteiger partial charge < -0.3 is 5.32 Å². The van der Waals surface area contributed by atoms with Gasteiger partial charge in [-0.1, -0.05) is 35.9 Å². The number of aryl methyl sites for hydroxylation is 3. The van der Waals surface area contributed by atoms with Crippen LogP contribution in [0.1, 0.15) is 22.5 Å². The van der Waals surface area contributed by atoms with E-state index < -0.39 is 17.3 Å². The van der Waals surface area contributed by atoms with E-state index in [0.717, 1.165) is 21.6 Å². The molecule has 1 N–H and O–H groups in total. The van der Waals surface area contributed by atoms with Crippen molar-refractivity contribution in [3.8, 4) is 5.69 Å². The van der Waals surface area contributed by atoms with Crippen molar-refractivity contribution in [1.82, 2.24) is 24.9 Å². The van der Waals surface area contributed by atoms with Gasteiger partial charge in [0, 0.05) is 12.1 Å². The molecule has 0 aliphatic carbocycles. The van der Waals surface area contributed by atoms with Gasteiger partial charge in [-0.3, -0.25) is 9.59 Å². The molecule has 31 heavy (non-hydrogen) atoms. The molecule has 4 rings (SSSR count). The van der Waals surface area contributed by atoms with Crippen LogP contribution < -0.4 is 10.9 Å². The normalized spacial score (nSPS) is 11.1. The number of nitrogens with zero attached hydrogens (tertiary/aromatic N) is 4. The molecule has 4 aromatic rings. The average molecular weight is 419 g/mol. The molecule has 0 spiro atoms. The number of hydrogen-bond donors (Lipinski definition) is 1. The Morgan fingerprint density at radius 1 is 1.03 bits per heavy atom. The van der Waals surface area contributed by atoms with Crippen molar-refractivity contribution in [2.75, 3.05) is 0 Å². The van der Waals surface area contributed by atoms with E-state index >= 15 is 0 Å². The minimum atomic E-state index is -0.449. The number of aromatic nitrogens is 4. The first kappa shape index (κ1) is 20.5. The number of carbonyl (C=O) groups excluding carboxylic acids is 1. The highest BCUT2D eigenvalue weighted by atomic mass is 19.1. The fourth-order valence-corrected chi connectivity index (χ4v) is 3.56. The Morgan fingerprint density at radius 3 is 2.45 bits per heavy atom. The molecule has 8 heteroatoms. The zero-order chi connectivity index (χ0) is 22.1. The van der Waals surface area contributed by atoms with Crippen LogP contribution in [0.2, 0.25) is 0 Å². The van der Waals surface area contributed by atoms with Crippen LogP contribution >= 0.6 is 0 Å². The van der Waals surface area contributed by atoms with Crippen LogP contribution in [0.15, 0.2) is 53.3 Å². The lowest BCUT2D eigenvalue weighted by atomic mass is 10.2. The number of fused-ring (bicyclic) bond motifs is 1. The van der Waals surface area contributed by atoms with E-state index in [0.29, 0.717) is 16.6 Å². The summed E-state index contributed by atoms with van der Waals surface area (Å²) in [6.45, 7) is 5.42. The Labute approximate surface area is 178 Å². The van der Waals surface area contributed by atoms with Gasteiger partial charge in [0.2, 0.25) is 5.91 Å². The fourth-order valence-electron chi connectivity index (χ4n) is 3.56. The van der Waals surface area contributed by atoms with E-state index in [1.54, 1.807) is 29.8 Å². The molecule has 7 nitrogen and oxygen atoms in total. The van der Waals surface area contributed by atoms with Gasteiger partial charge in [-0.15, -0.1) is 0 Å². The van der Waals surface area contributed by atoms with Gasteiger partial charge in [0.1, 0.15) is 12.4 Å². The number of benzene rings is 2. The Balaban J connectivity index is 1.63. The third kappa shape index (κ3) is 3.96. The summed E-state index contributed by atoms with van der Waals surface area (Å²) in [5, 5.41) is 12.1. The SMILES string of the molecule is Cc1ccc(-n2nc3c(=O)n(CC(=O)NCc4ccccc4F)nc(C)c3c2C)cc1. The minimum absolute atomic E-state index is 0.0304. The molecule has 0 unspecified atom stereocenters. The minimum Gasteiger partial charge on any atom is -0.350 e. The molecule has 0 fully saturated rings. The molecule has 1 amide bonds.